The highest BCUT2D eigenvalue weighted by Crippen LogP contribution is 2.35. The minimum Gasteiger partial charge on any atom is -0.389 e. The van der Waals surface area contributed by atoms with Crippen molar-refractivity contribution in [3.05, 3.63) is 70.4 Å². The van der Waals surface area contributed by atoms with E-state index in [0.29, 0.717) is 30.7 Å². The van der Waals surface area contributed by atoms with E-state index in [1.165, 1.54) is 22.2 Å². The first kappa shape index (κ1) is 20.4. The molecule has 1 fully saturated rings. The number of aromatic nitrogens is 1. The van der Waals surface area contributed by atoms with Crippen LogP contribution in [0.15, 0.2) is 48.5 Å². The number of aryl methyl sites for hydroxylation is 1. The average molecular weight is 413 g/mol. The van der Waals surface area contributed by atoms with E-state index in [9.17, 15) is 5.11 Å². The van der Waals surface area contributed by atoms with Crippen LogP contribution in [-0.2, 0) is 11.3 Å². The zero-order valence-electron chi connectivity index (χ0n) is 16.9. The van der Waals surface area contributed by atoms with Gasteiger partial charge in [0, 0.05) is 28.2 Å². The molecule has 4 nitrogen and oxygen atoms in total. The van der Waals surface area contributed by atoms with Gasteiger partial charge in [0.1, 0.15) is 0 Å². The van der Waals surface area contributed by atoms with Crippen molar-refractivity contribution in [3.8, 4) is 0 Å². The van der Waals surface area contributed by atoms with Crippen LogP contribution in [0, 0.1) is 6.92 Å². The van der Waals surface area contributed by atoms with Crippen LogP contribution >= 0.6 is 11.6 Å². The van der Waals surface area contributed by atoms with E-state index in [2.05, 4.69) is 41.1 Å². The summed E-state index contributed by atoms with van der Waals surface area (Å²) in [5.41, 5.74) is 4.95. The molecule has 2 N–H and O–H groups in total. The van der Waals surface area contributed by atoms with Gasteiger partial charge in [-0.2, -0.15) is 0 Å². The Hall–Kier alpha value is -1.85. The third-order valence-corrected chi connectivity index (χ3v) is 6.30. The van der Waals surface area contributed by atoms with Gasteiger partial charge in [-0.25, -0.2) is 0 Å². The lowest BCUT2D eigenvalue weighted by Crippen LogP contribution is -2.39. The second-order valence-electron chi connectivity index (χ2n) is 8.04. The Morgan fingerprint density at radius 2 is 1.86 bits per heavy atom. The van der Waals surface area contributed by atoms with Crippen LogP contribution in [0.3, 0.4) is 0 Å². The number of β-amino-alcohol motifs (C(OH)–C–C–N with tert-alkyl or cyclic N) is 1. The zero-order chi connectivity index (χ0) is 20.2. The fourth-order valence-corrected chi connectivity index (χ4v) is 4.69. The molecule has 0 radical (unpaired) electrons. The maximum absolute atomic E-state index is 10.4. The van der Waals surface area contributed by atoms with E-state index in [0.717, 1.165) is 31.5 Å². The van der Waals surface area contributed by atoms with Gasteiger partial charge in [0.2, 0.25) is 0 Å². The quantitative estimate of drug-likeness (QED) is 0.581. The summed E-state index contributed by atoms with van der Waals surface area (Å²) in [6, 6.07) is 16.2. The molecule has 1 aliphatic heterocycles. The minimum atomic E-state index is -0.483. The number of nitrogens with zero attached hydrogens (tertiary/aromatic N) is 1. The zero-order valence-corrected chi connectivity index (χ0v) is 17.7. The summed E-state index contributed by atoms with van der Waals surface area (Å²) in [4.78, 5) is 5.88. The van der Waals surface area contributed by atoms with E-state index in [1.54, 1.807) is 0 Å². The maximum Gasteiger partial charge on any atom is 0.0900 e. The molecule has 0 aliphatic carbocycles. The number of rotatable bonds is 7. The van der Waals surface area contributed by atoms with Gasteiger partial charge >= 0.3 is 0 Å². The summed E-state index contributed by atoms with van der Waals surface area (Å²) in [7, 11) is 0. The normalized spacial score (nSPS) is 17.1. The second-order valence-corrected chi connectivity index (χ2v) is 8.45. The fourth-order valence-electron chi connectivity index (χ4n) is 4.50. The molecule has 2 aromatic carbocycles. The molecule has 0 spiro atoms. The highest BCUT2D eigenvalue weighted by atomic mass is 35.5. The van der Waals surface area contributed by atoms with Gasteiger partial charge in [-0.05, 0) is 62.0 Å². The fraction of sp³-hybridized carbons (Fsp3) is 0.417. The van der Waals surface area contributed by atoms with Crippen molar-refractivity contribution in [3.63, 3.8) is 0 Å². The van der Waals surface area contributed by atoms with Crippen molar-refractivity contribution < 1.29 is 9.84 Å². The number of ether oxygens (including phenoxy) is 1. The van der Waals surface area contributed by atoms with Crippen LogP contribution in [0.5, 0.6) is 0 Å². The SMILES string of the molecule is Cc1[nH]c2ccccc2c1C1CCN(CC(O)COCc2ccccc2Cl)CC1. The predicted octanol–water partition coefficient (Wildman–Crippen LogP) is 4.89. The van der Waals surface area contributed by atoms with Crippen molar-refractivity contribution in [1.82, 2.24) is 9.88 Å². The summed E-state index contributed by atoms with van der Waals surface area (Å²) < 4.78 is 5.68. The number of aromatic amines is 1. The molecule has 4 rings (SSSR count). The molecule has 1 unspecified atom stereocenters. The lowest BCUT2D eigenvalue weighted by Gasteiger charge is -2.33. The van der Waals surface area contributed by atoms with Crippen molar-refractivity contribution >= 4 is 22.5 Å². The lowest BCUT2D eigenvalue weighted by molar-refractivity contribution is 0.00624. The Bertz CT molecular complexity index is 947. The number of hydrogen-bond acceptors (Lipinski definition) is 3. The summed E-state index contributed by atoms with van der Waals surface area (Å²) in [5.74, 6) is 0.580. The molecule has 154 valence electrons. The number of benzene rings is 2. The van der Waals surface area contributed by atoms with Crippen LogP contribution in [0.2, 0.25) is 5.02 Å². The Balaban J connectivity index is 1.25. The summed E-state index contributed by atoms with van der Waals surface area (Å²) in [6.07, 6.45) is 1.76. The first-order chi connectivity index (χ1) is 14.1. The molecule has 5 heteroatoms. The largest absolute Gasteiger partial charge is 0.389 e. The average Bonchev–Trinajstić information content (AvgIpc) is 3.06. The maximum atomic E-state index is 10.4. The molecular weight excluding hydrogens is 384 g/mol. The molecular formula is C24H29ClN2O2. The smallest absolute Gasteiger partial charge is 0.0900 e. The number of nitrogens with one attached hydrogen (secondary N) is 1. The Morgan fingerprint density at radius 3 is 2.66 bits per heavy atom. The lowest BCUT2D eigenvalue weighted by atomic mass is 9.87. The molecule has 1 atom stereocenters. The molecule has 0 bridgehead atoms. The number of likely N-dealkylation sites (tertiary alicyclic amines) is 1. The molecule has 3 aromatic rings. The summed E-state index contributed by atoms with van der Waals surface area (Å²) in [5, 5.41) is 12.4. The standard InChI is InChI=1S/C24H29ClN2O2/c1-17-24(21-7-3-5-9-23(21)26-17)18-10-12-27(13-11-18)14-20(28)16-29-15-19-6-2-4-8-22(19)25/h2-9,18,20,26,28H,10-16H2,1H3. The predicted molar refractivity (Wildman–Crippen MR) is 119 cm³/mol. The number of halogens is 1. The number of aliphatic hydroxyl groups is 1. The Kier molecular flexibility index (Phi) is 6.56. The molecule has 1 aromatic heterocycles. The van der Waals surface area contributed by atoms with Gasteiger partial charge in [0.15, 0.2) is 0 Å². The molecule has 1 saturated heterocycles. The molecule has 2 heterocycles. The highest BCUT2D eigenvalue weighted by Gasteiger charge is 2.25. The third-order valence-electron chi connectivity index (χ3n) is 5.93. The van der Waals surface area contributed by atoms with Gasteiger partial charge in [-0.15, -0.1) is 0 Å². The monoisotopic (exact) mass is 412 g/mol. The van der Waals surface area contributed by atoms with Crippen molar-refractivity contribution in [2.75, 3.05) is 26.2 Å². The second kappa shape index (κ2) is 9.31. The number of para-hydroxylation sites is 1. The number of piperidine rings is 1. The first-order valence-electron chi connectivity index (χ1n) is 10.4. The third kappa shape index (κ3) is 4.84. The van der Waals surface area contributed by atoms with Crippen LogP contribution in [0.1, 0.15) is 35.6 Å². The van der Waals surface area contributed by atoms with Crippen LogP contribution in [-0.4, -0.2) is 47.3 Å². The van der Waals surface area contributed by atoms with E-state index in [1.807, 2.05) is 24.3 Å². The minimum absolute atomic E-state index is 0.326. The number of H-pyrrole nitrogens is 1. The molecule has 0 amide bonds. The highest BCUT2D eigenvalue weighted by molar-refractivity contribution is 6.31. The van der Waals surface area contributed by atoms with Gasteiger partial charge in [0.25, 0.3) is 0 Å². The summed E-state index contributed by atoms with van der Waals surface area (Å²) in [6.45, 7) is 5.60. The Morgan fingerprint density at radius 1 is 1.14 bits per heavy atom. The Labute approximate surface area is 177 Å². The van der Waals surface area contributed by atoms with Gasteiger partial charge < -0.3 is 19.7 Å². The topological polar surface area (TPSA) is 48.5 Å². The van der Waals surface area contributed by atoms with Crippen LogP contribution < -0.4 is 0 Å². The van der Waals surface area contributed by atoms with Crippen molar-refractivity contribution in [2.24, 2.45) is 0 Å². The van der Waals surface area contributed by atoms with Crippen molar-refractivity contribution in [2.45, 2.75) is 38.4 Å². The summed E-state index contributed by atoms with van der Waals surface area (Å²) >= 11 is 6.15. The van der Waals surface area contributed by atoms with E-state index >= 15 is 0 Å². The number of aliphatic hydroxyl groups excluding tert-OH is 1. The number of fused-ring (bicyclic) bond motifs is 1. The molecule has 1 aliphatic rings. The molecule has 29 heavy (non-hydrogen) atoms. The van der Waals surface area contributed by atoms with Crippen LogP contribution in [0.4, 0.5) is 0 Å². The van der Waals surface area contributed by atoms with Crippen molar-refractivity contribution in [1.29, 1.82) is 0 Å². The van der Waals surface area contributed by atoms with Gasteiger partial charge in [-0.1, -0.05) is 48.0 Å². The van der Waals surface area contributed by atoms with Gasteiger partial charge in [0.05, 0.1) is 19.3 Å². The van der Waals surface area contributed by atoms with E-state index in [-0.39, 0.29) is 0 Å². The number of hydrogen-bond donors (Lipinski definition) is 2. The first-order valence-corrected chi connectivity index (χ1v) is 10.8. The van der Waals surface area contributed by atoms with E-state index in [4.69, 9.17) is 16.3 Å². The van der Waals surface area contributed by atoms with Gasteiger partial charge in [-0.3, -0.25) is 0 Å². The van der Waals surface area contributed by atoms with Crippen LogP contribution in [0.25, 0.3) is 10.9 Å². The molecule has 0 saturated carbocycles. The van der Waals surface area contributed by atoms with E-state index < -0.39 is 6.10 Å².